The van der Waals surface area contributed by atoms with Crippen molar-refractivity contribution in [1.29, 1.82) is 0 Å². The van der Waals surface area contributed by atoms with Crippen molar-refractivity contribution < 1.29 is 19.5 Å². The number of carboxylic acids is 1. The van der Waals surface area contributed by atoms with Gasteiger partial charge in [0, 0.05) is 26.3 Å². The van der Waals surface area contributed by atoms with Gasteiger partial charge in [-0.3, -0.25) is 14.4 Å². The second kappa shape index (κ2) is 7.94. The van der Waals surface area contributed by atoms with Crippen molar-refractivity contribution in [1.82, 2.24) is 10.2 Å². The van der Waals surface area contributed by atoms with E-state index in [2.05, 4.69) is 5.32 Å². The average molecular weight is 262 g/mol. The summed E-state index contributed by atoms with van der Waals surface area (Å²) in [6, 6.07) is -0.596. The Morgan fingerprint density at radius 1 is 1.41 bits per heavy atom. The highest BCUT2D eigenvalue weighted by Crippen LogP contribution is 2.02. The van der Waals surface area contributed by atoms with E-state index in [4.69, 9.17) is 5.11 Å². The van der Waals surface area contributed by atoms with Crippen molar-refractivity contribution in [2.24, 2.45) is 0 Å². The van der Waals surface area contributed by atoms with Crippen LogP contribution in [0.25, 0.3) is 0 Å². The molecule has 0 aliphatic heterocycles. The molecule has 0 saturated carbocycles. The van der Waals surface area contributed by atoms with E-state index >= 15 is 0 Å². The number of hydrogen-bond acceptors (Lipinski definition) is 4. The van der Waals surface area contributed by atoms with E-state index in [1.807, 2.05) is 6.26 Å². The standard InChI is InChI=1S/C10H18N2O4S/c1-7(13)11-8(6-17-3)10(16)12(2)5-4-9(14)15/h8H,4-6H2,1-3H3,(H,11,13)(H,14,15). The molecule has 0 saturated heterocycles. The number of rotatable bonds is 7. The van der Waals surface area contributed by atoms with Gasteiger partial charge in [0.2, 0.25) is 11.8 Å². The van der Waals surface area contributed by atoms with Gasteiger partial charge in [0.25, 0.3) is 0 Å². The second-order valence-corrected chi connectivity index (χ2v) is 4.52. The Balaban J connectivity index is 4.37. The fourth-order valence-electron chi connectivity index (χ4n) is 1.23. The molecule has 0 aromatic rings. The average Bonchev–Trinajstić information content (AvgIpc) is 2.23. The van der Waals surface area contributed by atoms with Gasteiger partial charge >= 0.3 is 5.97 Å². The number of nitrogens with zero attached hydrogens (tertiary/aromatic N) is 1. The minimum Gasteiger partial charge on any atom is -0.481 e. The summed E-state index contributed by atoms with van der Waals surface area (Å²) in [4.78, 5) is 34.5. The molecule has 0 bridgehead atoms. The van der Waals surface area contributed by atoms with Gasteiger partial charge in [-0.25, -0.2) is 0 Å². The number of hydrogen-bond donors (Lipinski definition) is 2. The van der Waals surface area contributed by atoms with Gasteiger partial charge in [-0.05, 0) is 6.26 Å². The van der Waals surface area contributed by atoms with E-state index in [1.165, 1.54) is 30.6 Å². The van der Waals surface area contributed by atoms with Crippen LogP contribution in [0.3, 0.4) is 0 Å². The number of amides is 2. The zero-order chi connectivity index (χ0) is 13.4. The summed E-state index contributed by atoms with van der Waals surface area (Å²) < 4.78 is 0. The Morgan fingerprint density at radius 3 is 2.41 bits per heavy atom. The molecule has 0 rings (SSSR count). The zero-order valence-electron chi connectivity index (χ0n) is 10.2. The second-order valence-electron chi connectivity index (χ2n) is 3.61. The van der Waals surface area contributed by atoms with Crippen molar-refractivity contribution in [3.63, 3.8) is 0 Å². The van der Waals surface area contributed by atoms with E-state index < -0.39 is 12.0 Å². The Bertz CT molecular complexity index is 296. The molecule has 0 aromatic carbocycles. The van der Waals surface area contributed by atoms with Gasteiger partial charge in [0.1, 0.15) is 6.04 Å². The third kappa shape index (κ3) is 6.83. The van der Waals surface area contributed by atoms with Gasteiger partial charge in [-0.1, -0.05) is 0 Å². The Labute approximate surface area is 105 Å². The van der Waals surface area contributed by atoms with E-state index in [-0.39, 0.29) is 24.8 Å². The Hall–Kier alpha value is -1.24. The van der Waals surface area contributed by atoms with Crippen LogP contribution in [0.1, 0.15) is 13.3 Å². The van der Waals surface area contributed by atoms with Crippen LogP contribution in [-0.4, -0.2) is 59.4 Å². The normalized spacial score (nSPS) is 11.7. The van der Waals surface area contributed by atoms with E-state index in [0.717, 1.165) is 0 Å². The lowest BCUT2D eigenvalue weighted by Crippen LogP contribution is -2.48. The fraction of sp³-hybridized carbons (Fsp3) is 0.700. The fourth-order valence-corrected chi connectivity index (χ4v) is 1.79. The van der Waals surface area contributed by atoms with Crippen molar-refractivity contribution in [2.45, 2.75) is 19.4 Å². The third-order valence-electron chi connectivity index (χ3n) is 2.05. The zero-order valence-corrected chi connectivity index (χ0v) is 11.0. The van der Waals surface area contributed by atoms with Crippen LogP contribution in [0.2, 0.25) is 0 Å². The van der Waals surface area contributed by atoms with Crippen molar-refractivity contribution in [3.8, 4) is 0 Å². The summed E-state index contributed by atoms with van der Waals surface area (Å²) in [7, 11) is 1.53. The maximum absolute atomic E-state index is 11.9. The highest BCUT2D eigenvalue weighted by Gasteiger charge is 2.22. The predicted octanol–water partition coefficient (Wildman–Crippen LogP) is -0.213. The first-order chi connectivity index (χ1) is 7.88. The number of thioether (sulfide) groups is 1. The molecule has 98 valence electrons. The molecule has 2 amide bonds. The number of likely N-dealkylation sites (N-methyl/N-ethyl adjacent to an activating group) is 1. The largest absolute Gasteiger partial charge is 0.481 e. The molecule has 0 aliphatic rings. The molecule has 6 nitrogen and oxygen atoms in total. The molecule has 0 aliphatic carbocycles. The first-order valence-corrected chi connectivity index (χ1v) is 6.50. The molecular formula is C10H18N2O4S. The van der Waals surface area contributed by atoms with Crippen LogP contribution in [0.5, 0.6) is 0 Å². The highest BCUT2D eigenvalue weighted by atomic mass is 32.2. The van der Waals surface area contributed by atoms with E-state index in [0.29, 0.717) is 5.75 Å². The molecule has 0 radical (unpaired) electrons. The predicted molar refractivity (Wildman–Crippen MR) is 65.9 cm³/mol. The molecule has 0 spiro atoms. The van der Waals surface area contributed by atoms with Crippen LogP contribution < -0.4 is 5.32 Å². The number of carbonyl (C=O) groups excluding carboxylic acids is 2. The van der Waals surface area contributed by atoms with Crippen LogP contribution >= 0.6 is 11.8 Å². The third-order valence-corrected chi connectivity index (χ3v) is 2.71. The molecule has 0 fully saturated rings. The monoisotopic (exact) mass is 262 g/mol. The Kier molecular flexibility index (Phi) is 7.36. The maximum atomic E-state index is 11.9. The summed E-state index contributed by atoms with van der Waals surface area (Å²) in [5, 5.41) is 11.1. The quantitative estimate of drug-likeness (QED) is 0.663. The lowest BCUT2D eigenvalue weighted by molar-refractivity contribution is -0.139. The molecule has 1 atom stereocenters. The number of carbonyl (C=O) groups is 3. The van der Waals surface area contributed by atoms with Gasteiger partial charge in [-0.2, -0.15) is 11.8 Å². The maximum Gasteiger partial charge on any atom is 0.305 e. The molecule has 2 N–H and O–H groups in total. The van der Waals surface area contributed by atoms with Crippen LogP contribution in [0, 0.1) is 0 Å². The summed E-state index contributed by atoms with van der Waals surface area (Å²) in [5.41, 5.74) is 0. The summed E-state index contributed by atoms with van der Waals surface area (Å²) in [6.07, 6.45) is 1.73. The van der Waals surface area contributed by atoms with Crippen molar-refractivity contribution in [2.75, 3.05) is 25.6 Å². The first-order valence-electron chi connectivity index (χ1n) is 5.11. The van der Waals surface area contributed by atoms with Gasteiger partial charge < -0.3 is 15.3 Å². The number of nitrogens with one attached hydrogen (secondary N) is 1. The minimum atomic E-state index is -0.953. The SMILES string of the molecule is CSCC(NC(C)=O)C(=O)N(C)CCC(=O)O. The smallest absolute Gasteiger partial charge is 0.305 e. The van der Waals surface area contributed by atoms with Crippen LogP contribution in [0.4, 0.5) is 0 Å². The molecular weight excluding hydrogens is 244 g/mol. The first kappa shape index (κ1) is 15.8. The van der Waals surface area contributed by atoms with E-state index in [9.17, 15) is 14.4 Å². The van der Waals surface area contributed by atoms with Gasteiger partial charge in [0.05, 0.1) is 6.42 Å². The van der Waals surface area contributed by atoms with Crippen LogP contribution in [0.15, 0.2) is 0 Å². The number of aliphatic carboxylic acids is 1. The van der Waals surface area contributed by atoms with Crippen molar-refractivity contribution >= 4 is 29.5 Å². The summed E-state index contributed by atoms with van der Waals surface area (Å²) in [6.45, 7) is 1.48. The topological polar surface area (TPSA) is 86.7 Å². The Morgan fingerprint density at radius 2 is 2.00 bits per heavy atom. The summed E-state index contributed by atoms with van der Waals surface area (Å²) >= 11 is 1.44. The van der Waals surface area contributed by atoms with Crippen molar-refractivity contribution in [3.05, 3.63) is 0 Å². The van der Waals surface area contributed by atoms with Gasteiger partial charge in [0.15, 0.2) is 0 Å². The summed E-state index contributed by atoms with van der Waals surface area (Å²) in [5.74, 6) is -1.03. The highest BCUT2D eigenvalue weighted by molar-refractivity contribution is 7.98. The lowest BCUT2D eigenvalue weighted by Gasteiger charge is -2.23. The minimum absolute atomic E-state index is 0.103. The van der Waals surface area contributed by atoms with Crippen LogP contribution in [-0.2, 0) is 14.4 Å². The molecule has 17 heavy (non-hydrogen) atoms. The van der Waals surface area contributed by atoms with E-state index in [1.54, 1.807) is 0 Å². The molecule has 0 heterocycles. The lowest BCUT2D eigenvalue weighted by atomic mass is 10.2. The molecule has 7 heteroatoms. The molecule has 1 unspecified atom stereocenters. The number of carboxylic acid groups (broad SMARTS) is 1. The van der Waals surface area contributed by atoms with Gasteiger partial charge in [-0.15, -0.1) is 0 Å². The molecule has 0 aromatic heterocycles.